The third-order valence-corrected chi connectivity index (χ3v) is 4.79. The highest BCUT2D eigenvalue weighted by atomic mass is 16.5. The Morgan fingerprint density at radius 1 is 1.15 bits per heavy atom. The molecule has 1 aliphatic rings. The summed E-state index contributed by atoms with van der Waals surface area (Å²) in [5.74, 6) is 1.59. The molecule has 1 amide bonds. The number of rotatable bonds is 5. The highest BCUT2D eigenvalue weighted by Gasteiger charge is 2.31. The fraction of sp³-hybridized carbons (Fsp3) is 0.318. The van der Waals surface area contributed by atoms with Gasteiger partial charge in [0.2, 0.25) is 5.91 Å². The van der Waals surface area contributed by atoms with Crippen LogP contribution in [-0.2, 0) is 4.79 Å². The van der Waals surface area contributed by atoms with Crippen LogP contribution in [0.4, 0.5) is 0 Å². The normalized spacial score (nSPS) is 16.9. The summed E-state index contributed by atoms with van der Waals surface area (Å²) in [6.07, 6.45) is 5.45. The summed E-state index contributed by atoms with van der Waals surface area (Å²) in [6, 6.07) is 13.9. The van der Waals surface area contributed by atoms with Crippen LogP contribution in [0.1, 0.15) is 35.6 Å². The summed E-state index contributed by atoms with van der Waals surface area (Å²) in [6.45, 7) is 2.80. The monoisotopic (exact) mass is 351 g/mol. The van der Waals surface area contributed by atoms with Crippen LogP contribution in [0.2, 0.25) is 0 Å². The van der Waals surface area contributed by atoms with Gasteiger partial charge in [0, 0.05) is 18.2 Å². The third kappa shape index (κ3) is 3.90. The second-order valence-electron chi connectivity index (χ2n) is 6.55. The Hall–Kier alpha value is -2.75. The van der Waals surface area contributed by atoms with Crippen LogP contribution in [0.25, 0.3) is 6.08 Å². The second-order valence-corrected chi connectivity index (χ2v) is 6.55. The molecule has 3 rings (SSSR count). The standard InChI is InChI=1S/C22H25NO3/c1-16-6-4-7-17(14-16)9-12-22(24)23-13-5-8-20(23)19-15-18(25-2)10-11-21(19)26-3/h4,6-7,9-12,14-15,20H,5,8,13H2,1-3H3/b12-9+. The maximum Gasteiger partial charge on any atom is 0.247 e. The number of likely N-dealkylation sites (tertiary alicyclic amines) is 1. The Kier molecular flexibility index (Phi) is 5.61. The molecule has 136 valence electrons. The van der Waals surface area contributed by atoms with Gasteiger partial charge in [-0.3, -0.25) is 4.79 Å². The molecule has 1 fully saturated rings. The number of nitrogens with zero attached hydrogens (tertiary/aromatic N) is 1. The molecule has 0 bridgehead atoms. The van der Waals surface area contributed by atoms with Crippen LogP contribution >= 0.6 is 0 Å². The van der Waals surface area contributed by atoms with Gasteiger partial charge in [-0.1, -0.05) is 29.8 Å². The Balaban J connectivity index is 1.83. The molecule has 2 aromatic carbocycles. The first-order valence-corrected chi connectivity index (χ1v) is 8.89. The van der Waals surface area contributed by atoms with Crippen molar-refractivity contribution in [2.45, 2.75) is 25.8 Å². The van der Waals surface area contributed by atoms with Crippen molar-refractivity contribution in [2.24, 2.45) is 0 Å². The van der Waals surface area contributed by atoms with Crippen molar-refractivity contribution in [3.05, 3.63) is 65.2 Å². The summed E-state index contributed by atoms with van der Waals surface area (Å²) < 4.78 is 10.9. The van der Waals surface area contributed by atoms with Gasteiger partial charge in [0.1, 0.15) is 11.5 Å². The maximum atomic E-state index is 12.8. The van der Waals surface area contributed by atoms with E-state index in [1.807, 2.05) is 54.3 Å². The predicted octanol–water partition coefficient (Wildman–Crippen LogP) is 4.39. The minimum absolute atomic E-state index is 0.00899. The molecule has 1 aliphatic heterocycles. The number of methoxy groups -OCH3 is 2. The van der Waals surface area contributed by atoms with Crippen LogP contribution in [0.3, 0.4) is 0 Å². The molecule has 0 aliphatic carbocycles. The molecule has 0 saturated carbocycles. The molecule has 26 heavy (non-hydrogen) atoms. The zero-order valence-corrected chi connectivity index (χ0v) is 15.6. The van der Waals surface area contributed by atoms with Crippen molar-refractivity contribution in [3.8, 4) is 11.5 Å². The van der Waals surface area contributed by atoms with Crippen LogP contribution in [0.5, 0.6) is 11.5 Å². The number of carbonyl (C=O) groups is 1. The lowest BCUT2D eigenvalue weighted by atomic mass is 10.0. The fourth-order valence-corrected chi connectivity index (χ4v) is 3.49. The Morgan fingerprint density at radius 2 is 2.00 bits per heavy atom. The van der Waals surface area contributed by atoms with Gasteiger partial charge in [-0.05, 0) is 49.6 Å². The summed E-state index contributed by atoms with van der Waals surface area (Å²) in [7, 11) is 3.30. The molecule has 4 heteroatoms. The highest BCUT2D eigenvalue weighted by Crippen LogP contribution is 2.39. The van der Waals surface area contributed by atoms with Crippen molar-refractivity contribution in [1.82, 2.24) is 4.90 Å². The number of hydrogen-bond donors (Lipinski definition) is 0. The number of aryl methyl sites for hydroxylation is 1. The van der Waals surface area contributed by atoms with E-state index in [9.17, 15) is 4.79 Å². The first-order valence-electron chi connectivity index (χ1n) is 8.89. The molecule has 1 unspecified atom stereocenters. The van der Waals surface area contributed by atoms with Crippen LogP contribution in [0.15, 0.2) is 48.5 Å². The van der Waals surface area contributed by atoms with Crippen molar-refractivity contribution in [2.75, 3.05) is 20.8 Å². The maximum absolute atomic E-state index is 12.8. The second kappa shape index (κ2) is 8.09. The zero-order chi connectivity index (χ0) is 18.5. The first kappa shape index (κ1) is 18.1. The van der Waals surface area contributed by atoms with Gasteiger partial charge in [0.15, 0.2) is 0 Å². The van der Waals surface area contributed by atoms with Gasteiger partial charge in [-0.25, -0.2) is 0 Å². The van der Waals surface area contributed by atoms with E-state index in [0.29, 0.717) is 0 Å². The first-order chi connectivity index (χ1) is 12.6. The summed E-state index contributed by atoms with van der Waals surface area (Å²) >= 11 is 0. The van der Waals surface area contributed by atoms with Crippen molar-refractivity contribution >= 4 is 12.0 Å². The largest absolute Gasteiger partial charge is 0.497 e. The zero-order valence-electron chi connectivity index (χ0n) is 15.6. The van der Waals surface area contributed by atoms with E-state index >= 15 is 0 Å². The minimum atomic E-state index is 0.00899. The number of amides is 1. The lowest BCUT2D eigenvalue weighted by Gasteiger charge is -2.25. The lowest BCUT2D eigenvalue weighted by Crippen LogP contribution is -2.29. The molecule has 0 radical (unpaired) electrons. The van der Waals surface area contributed by atoms with E-state index in [1.54, 1.807) is 20.3 Å². The molecule has 0 aromatic heterocycles. The SMILES string of the molecule is COc1ccc(OC)c(C2CCCN2C(=O)/C=C/c2cccc(C)c2)c1. The van der Waals surface area contributed by atoms with Gasteiger partial charge in [-0.15, -0.1) is 0 Å². The van der Waals surface area contributed by atoms with Crippen molar-refractivity contribution < 1.29 is 14.3 Å². The minimum Gasteiger partial charge on any atom is -0.497 e. The molecule has 1 saturated heterocycles. The van der Waals surface area contributed by atoms with Crippen molar-refractivity contribution in [1.29, 1.82) is 0 Å². The molecule has 2 aromatic rings. The summed E-state index contributed by atoms with van der Waals surface area (Å²) in [4.78, 5) is 14.7. The highest BCUT2D eigenvalue weighted by molar-refractivity contribution is 5.92. The molecule has 1 atom stereocenters. The summed E-state index contributed by atoms with van der Waals surface area (Å²) in [5, 5.41) is 0. The Bertz CT molecular complexity index is 813. The van der Waals surface area contributed by atoms with E-state index in [0.717, 1.165) is 42.0 Å². The van der Waals surface area contributed by atoms with E-state index in [2.05, 4.69) is 6.07 Å². The molecular weight excluding hydrogens is 326 g/mol. The van der Waals surface area contributed by atoms with E-state index in [4.69, 9.17) is 9.47 Å². The summed E-state index contributed by atoms with van der Waals surface area (Å²) in [5.41, 5.74) is 3.22. The Labute approximate surface area is 155 Å². The van der Waals surface area contributed by atoms with Gasteiger partial charge < -0.3 is 14.4 Å². The average molecular weight is 351 g/mol. The fourth-order valence-electron chi connectivity index (χ4n) is 3.49. The smallest absolute Gasteiger partial charge is 0.247 e. The van der Waals surface area contributed by atoms with Crippen molar-refractivity contribution in [3.63, 3.8) is 0 Å². The number of benzene rings is 2. The number of hydrogen-bond acceptors (Lipinski definition) is 3. The van der Waals surface area contributed by atoms with E-state index in [1.165, 1.54) is 5.56 Å². The van der Waals surface area contributed by atoms with Gasteiger partial charge in [-0.2, -0.15) is 0 Å². The molecule has 0 spiro atoms. The average Bonchev–Trinajstić information content (AvgIpc) is 3.15. The molecule has 4 nitrogen and oxygen atoms in total. The van der Waals surface area contributed by atoms with Crippen LogP contribution < -0.4 is 9.47 Å². The molecule has 0 N–H and O–H groups in total. The molecule has 1 heterocycles. The van der Waals surface area contributed by atoms with Gasteiger partial charge >= 0.3 is 0 Å². The molecular formula is C22H25NO3. The van der Waals surface area contributed by atoms with E-state index < -0.39 is 0 Å². The topological polar surface area (TPSA) is 38.8 Å². The quantitative estimate of drug-likeness (QED) is 0.750. The van der Waals surface area contributed by atoms with Gasteiger partial charge in [0.05, 0.1) is 20.3 Å². The third-order valence-electron chi connectivity index (χ3n) is 4.79. The van der Waals surface area contributed by atoms with Crippen LogP contribution in [-0.4, -0.2) is 31.6 Å². The van der Waals surface area contributed by atoms with E-state index in [-0.39, 0.29) is 11.9 Å². The van der Waals surface area contributed by atoms with Crippen LogP contribution in [0, 0.1) is 6.92 Å². The number of ether oxygens (including phenoxy) is 2. The predicted molar refractivity (Wildman–Crippen MR) is 103 cm³/mol. The lowest BCUT2D eigenvalue weighted by molar-refractivity contribution is -0.126. The Morgan fingerprint density at radius 3 is 2.73 bits per heavy atom. The number of carbonyl (C=O) groups excluding carboxylic acids is 1. The van der Waals surface area contributed by atoms with Gasteiger partial charge in [0.25, 0.3) is 0 Å².